The molecular weight excluding hydrogens is 434 g/mol. The van der Waals surface area contributed by atoms with Crippen molar-refractivity contribution in [1.29, 1.82) is 5.26 Å². The van der Waals surface area contributed by atoms with Gasteiger partial charge in [-0.3, -0.25) is 4.79 Å². The molecule has 0 aliphatic rings. The summed E-state index contributed by atoms with van der Waals surface area (Å²) in [6, 6.07) is 16.0. The van der Waals surface area contributed by atoms with Crippen molar-refractivity contribution in [2.45, 2.75) is 0 Å². The lowest BCUT2D eigenvalue weighted by Gasteiger charge is -2.10. The number of methoxy groups -OCH3 is 1. The number of nitrogens with one attached hydrogen (secondary N) is 1. The second-order valence-corrected chi connectivity index (χ2v) is 8.01. The molecule has 4 rings (SSSR count). The Bertz CT molecular complexity index is 1340. The minimum atomic E-state index is -0.388. The van der Waals surface area contributed by atoms with E-state index in [-0.39, 0.29) is 27.9 Å². The van der Waals surface area contributed by atoms with E-state index in [2.05, 4.69) is 16.4 Å². The van der Waals surface area contributed by atoms with Crippen molar-refractivity contribution in [3.8, 4) is 22.9 Å². The molecule has 0 bridgehead atoms. The zero-order valence-electron chi connectivity index (χ0n) is 16.3. The Morgan fingerprint density at radius 2 is 1.84 bits per heavy atom. The number of nitrogen functional groups attached to an aromatic ring is 2. The lowest BCUT2D eigenvalue weighted by atomic mass is 9.97. The summed E-state index contributed by atoms with van der Waals surface area (Å²) in [4.78, 5) is 18.0. The van der Waals surface area contributed by atoms with Crippen LogP contribution < -0.4 is 21.5 Å². The molecule has 0 spiro atoms. The van der Waals surface area contributed by atoms with Crippen molar-refractivity contribution >= 4 is 56.3 Å². The number of ether oxygens (including phenoxy) is 1. The molecule has 154 valence electrons. The van der Waals surface area contributed by atoms with Crippen molar-refractivity contribution < 1.29 is 9.53 Å². The van der Waals surface area contributed by atoms with Gasteiger partial charge >= 0.3 is 0 Å². The number of benzene rings is 2. The van der Waals surface area contributed by atoms with Crippen LogP contribution in [0.5, 0.6) is 5.75 Å². The van der Waals surface area contributed by atoms with Gasteiger partial charge in [0.1, 0.15) is 32.9 Å². The molecule has 7 nitrogen and oxygen atoms in total. The molecule has 4 aromatic rings. The van der Waals surface area contributed by atoms with Crippen LogP contribution >= 0.6 is 22.9 Å². The molecule has 0 atom stereocenters. The van der Waals surface area contributed by atoms with Crippen LogP contribution in [0, 0.1) is 11.3 Å². The molecule has 0 saturated carbocycles. The number of carbonyl (C=O) groups is 1. The number of nitrogens with zero attached hydrogens (tertiary/aromatic N) is 2. The van der Waals surface area contributed by atoms with Gasteiger partial charge in [-0.2, -0.15) is 5.26 Å². The van der Waals surface area contributed by atoms with Gasteiger partial charge in [0.2, 0.25) is 0 Å². The van der Waals surface area contributed by atoms with Crippen LogP contribution in [-0.4, -0.2) is 18.0 Å². The van der Waals surface area contributed by atoms with Crippen LogP contribution in [-0.2, 0) is 0 Å². The first-order chi connectivity index (χ1) is 14.9. The van der Waals surface area contributed by atoms with Gasteiger partial charge in [-0.1, -0.05) is 23.7 Å². The lowest BCUT2D eigenvalue weighted by molar-refractivity contribution is 0.103. The number of halogens is 1. The van der Waals surface area contributed by atoms with Gasteiger partial charge in [-0.05, 0) is 42.0 Å². The average molecular weight is 450 g/mol. The second kappa shape index (κ2) is 8.14. The van der Waals surface area contributed by atoms with Gasteiger partial charge < -0.3 is 21.5 Å². The number of pyridine rings is 1. The van der Waals surface area contributed by atoms with Crippen LogP contribution in [0.3, 0.4) is 0 Å². The zero-order chi connectivity index (χ0) is 22.1. The fourth-order valence-electron chi connectivity index (χ4n) is 3.22. The van der Waals surface area contributed by atoms with Crippen molar-refractivity contribution in [2.75, 3.05) is 23.9 Å². The quantitative estimate of drug-likeness (QED) is 0.406. The first kappa shape index (κ1) is 20.5. The van der Waals surface area contributed by atoms with Crippen molar-refractivity contribution in [3.63, 3.8) is 0 Å². The SMILES string of the molecule is COc1ccc(-c2c(C#N)c(N)nc3sc(C(=O)Nc4ccc(Cl)cc4)c(N)c23)cc1. The number of thiophene rings is 1. The molecule has 0 aliphatic heterocycles. The molecule has 1 amide bonds. The minimum absolute atomic E-state index is 0.0757. The summed E-state index contributed by atoms with van der Waals surface area (Å²) in [5, 5.41) is 13.6. The van der Waals surface area contributed by atoms with E-state index in [1.165, 1.54) is 0 Å². The number of nitrogens with two attached hydrogens (primary N) is 2. The third kappa shape index (κ3) is 3.72. The summed E-state index contributed by atoms with van der Waals surface area (Å²) in [6.07, 6.45) is 0. The molecule has 31 heavy (non-hydrogen) atoms. The van der Waals surface area contributed by atoms with E-state index in [1.807, 2.05) is 0 Å². The number of fused-ring (bicyclic) bond motifs is 1. The highest BCUT2D eigenvalue weighted by molar-refractivity contribution is 7.21. The first-order valence-electron chi connectivity index (χ1n) is 9.05. The Hall–Kier alpha value is -3.80. The Kier molecular flexibility index (Phi) is 5.38. The van der Waals surface area contributed by atoms with Crippen molar-refractivity contribution in [2.24, 2.45) is 0 Å². The number of rotatable bonds is 4. The average Bonchev–Trinajstić information content (AvgIpc) is 3.10. The zero-order valence-corrected chi connectivity index (χ0v) is 17.8. The molecule has 2 aromatic heterocycles. The molecule has 0 unspecified atom stereocenters. The number of anilines is 3. The Labute approximate surface area is 186 Å². The predicted octanol–water partition coefficient (Wildman–Crippen LogP) is 4.91. The van der Waals surface area contributed by atoms with Gasteiger partial charge in [-0.15, -0.1) is 11.3 Å². The molecule has 0 radical (unpaired) electrons. The lowest BCUT2D eigenvalue weighted by Crippen LogP contribution is -2.11. The third-order valence-corrected chi connectivity index (χ3v) is 6.05. The molecule has 2 aromatic carbocycles. The smallest absolute Gasteiger partial charge is 0.267 e. The van der Waals surface area contributed by atoms with Gasteiger partial charge in [0.25, 0.3) is 5.91 Å². The number of amides is 1. The van der Waals surface area contributed by atoms with Gasteiger partial charge in [0, 0.05) is 21.7 Å². The van der Waals surface area contributed by atoms with E-state index in [9.17, 15) is 10.1 Å². The van der Waals surface area contributed by atoms with E-state index in [4.69, 9.17) is 27.8 Å². The van der Waals surface area contributed by atoms with Crippen LogP contribution in [0.25, 0.3) is 21.3 Å². The highest BCUT2D eigenvalue weighted by Crippen LogP contribution is 2.43. The number of aromatic nitrogens is 1. The molecule has 0 saturated heterocycles. The summed E-state index contributed by atoms with van der Waals surface area (Å²) in [6.45, 7) is 0. The molecule has 5 N–H and O–H groups in total. The molecule has 0 fully saturated rings. The fraction of sp³-hybridized carbons (Fsp3) is 0.0455. The topological polar surface area (TPSA) is 127 Å². The maximum atomic E-state index is 12.9. The second-order valence-electron chi connectivity index (χ2n) is 6.57. The van der Waals surface area contributed by atoms with E-state index in [1.54, 1.807) is 55.6 Å². The largest absolute Gasteiger partial charge is 0.497 e. The summed E-state index contributed by atoms with van der Waals surface area (Å²) in [5.41, 5.74) is 14.7. The maximum absolute atomic E-state index is 12.9. The number of hydrogen-bond acceptors (Lipinski definition) is 7. The van der Waals surface area contributed by atoms with Gasteiger partial charge in [0.05, 0.1) is 12.8 Å². The maximum Gasteiger partial charge on any atom is 0.267 e. The standard InChI is InChI=1S/C22H16ClN5O2S/c1-30-14-8-2-11(3-9-14)16-15(10-24)20(26)28-22-17(16)18(25)19(31-22)21(29)27-13-6-4-12(23)5-7-13/h2-9H,25H2,1H3,(H2,26,28)(H,27,29). The monoisotopic (exact) mass is 449 g/mol. The molecular formula is C22H16ClN5O2S. The third-order valence-electron chi connectivity index (χ3n) is 4.70. The fourth-order valence-corrected chi connectivity index (χ4v) is 4.35. The Balaban J connectivity index is 1.87. The molecule has 9 heteroatoms. The highest BCUT2D eigenvalue weighted by atomic mass is 35.5. The first-order valence-corrected chi connectivity index (χ1v) is 10.2. The van der Waals surface area contributed by atoms with Gasteiger partial charge in [-0.25, -0.2) is 4.98 Å². The highest BCUT2D eigenvalue weighted by Gasteiger charge is 2.24. The summed E-state index contributed by atoms with van der Waals surface area (Å²) < 4.78 is 5.21. The summed E-state index contributed by atoms with van der Waals surface area (Å²) in [5.74, 6) is 0.356. The van der Waals surface area contributed by atoms with Gasteiger partial charge in [0.15, 0.2) is 0 Å². The van der Waals surface area contributed by atoms with E-state index >= 15 is 0 Å². The van der Waals surface area contributed by atoms with Crippen molar-refractivity contribution in [1.82, 2.24) is 4.98 Å². The van der Waals surface area contributed by atoms with Crippen LogP contribution in [0.4, 0.5) is 17.2 Å². The van der Waals surface area contributed by atoms with Crippen LogP contribution in [0.15, 0.2) is 48.5 Å². The number of hydrogen-bond donors (Lipinski definition) is 3. The van der Waals surface area contributed by atoms with E-state index in [0.717, 1.165) is 11.3 Å². The molecule has 2 heterocycles. The predicted molar refractivity (Wildman–Crippen MR) is 125 cm³/mol. The van der Waals surface area contributed by atoms with Crippen LogP contribution in [0.2, 0.25) is 5.02 Å². The Morgan fingerprint density at radius 1 is 1.16 bits per heavy atom. The minimum Gasteiger partial charge on any atom is -0.497 e. The van der Waals surface area contributed by atoms with E-state index in [0.29, 0.717) is 37.8 Å². The Morgan fingerprint density at radius 3 is 2.45 bits per heavy atom. The van der Waals surface area contributed by atoms with Crippen molar-refractivity contribution in [3.05, 3.63) is 64.0 Å². The summed E-state index contributed by atoms with van der Waals surface area (Å²) in [7, 11) is 1.57. The van der Waals surface area contributed by atoms with Crippen LogP contribution in [0.1, 0.15) is 15.2 Å². The van der Waals surface area contributed by atoms with E-state index < -0.39 is 0 Å². The summed E-state index contributed by atoms with van der Waals surface area (Å²) >= 11 is 7.01. The number of nitriles is 1. The molecule has 0 aliphatic carbocycles. The number of carbonyl (C=O) groups excluding carboxylic acids is 1. The normalized spacial score (nSPS) is 10.6.